The van der Waals surface area contributed by atoms with Crippen LogP contribution in [0.25, 0.3) is 10.9 Å². The number of piperidine rings is 1. The van der Waals surface area contributed by atoms with E-state index >= 15 is 0 Å². The molecule has 0 saturated carbocycles. The minimum absolute atomic E-state index is 0.0174. The van der Waals surface area contributed by atoms with Crippen LogP contribution in [-0.4, -0.2) is 52.8 Å². The molecule has 1 aliphatic heterocycles. The molecule has 158 valence electrons. The molecular formula is C22H31N3O4. The van der Waals surface area contributed by atoms with Gasteiger partial charge < -0.3 is 24.3 Å². The second kappa shape index (κ2) is 8.35. The summed E-state index contributed by atoms with van der Waals surface area (Å²) >= 11 is 0. The summed E-state index contributed by atoms with van der Waals surface area (Å²) in [5.74, 6) is 0.885. The predicted octanol–water partition coefficient (Wildman–Crippen LogP) is 3.55. The van der Waals surface area contributed by atoms with Gasteiger partial charge in [0.15, 0.2) is 0 Å². The molecule has 2 aromatic rings. The zero-order valence-electron chi connectivity index (χ0n) is 17.9. The molecule has 1 saturated heterocycles. The number of likely N-dealkylation sites (tertiary alicyclic amines) is 1. The van der Waals surface area contributed by atoms with E-state index in [1.54, 1.807) is 7.11 Å². The lowest BCUT2D eigenvalue weighted by Gasteiger charge is -2.38. The maximum absolute atomic E-state index is 12.9. The fraction of sp³-hybridized carbons (Fsp3) is 0.545. The van der Waals surface area contributed by atoms with Crippen molar-refractivity contribution in [1.29, 1.82) is 0 Å². The fourth-order valence-electron chi connectivity index (χ4n) is 3.83. The van der Waals surface area contributed by atoms with Crippen LogP contribution in [0.2, 0.25) is 0 Å². The Bertz CT molecular complexity index is 884. The van der Waals surface area contributed by atoms with Crippen LogP contribution >= 0.6 is 0 Å². The third kappa shape index (κ3) is 5.22. The molecule has 3 rings (SSSR count). The Labute approximate surface area is 171 Å². The quantitative estimate of drug-likeness (QED) is 0.850. The van der Waals surface area contributed by atoms with Gasteiger partial charge in [0.05, 0.1) is 7.11 Å². The normalized spacial score (nSPS) is 19.8. The number of benzene rings is 1. The SMILES string of the molecule is COc1ccc2c(ccn2CC(=O)N2CC[C@H](NC(=O)OC(C)(C)C)C[C@H]2C)c1. The number of nitrogens with one attached hydrogen (secondary N) is 1. The van der Waals surface area contributed by atoms with Crippen molar-refractivity contribution in [2.24, 2.45) is 0 Å². The monoisotopic (exact) mass is 401 g/mol. The van der Waals surface area contributed by atoms with Crippen molar-refractivity contribution in [2.75, 3.05) is 13.7 Å². The number of rotatable bonds is 4. The van der Waals surface area contributed by atoms with Crippen LogP contribution in [0.4, 0.5) is 4.79 Å². The predicted molar refractivity (Wildman–Crippen MR) is 112 cm³/mol. The minimum atomic E-state index is -0.518. The molecule has 7 heteroatoms. The summed E-state index contributed by atoms with van der Waals surface area (Å²) in [7, 11) is 1.64. The topological polar surface area (TPSA) is 72.8 Å². The van der Waals surface area contributed by atoms with Gasteiger partial charge in [-0.15, -0.1) is 0 Å². The molecule has 0 bridgehead atoms. The molecule has 0 radical (unpaired) electrons. The van der Waals surface area contributed by atoms with E-state index in [2.05, 4.69) is 5.32 Å². The van der Waals surface area contributed by atoms with E-state index in [1.807, 2.05) is 67.6 Å². The average molecular weight is 402 g/mol. The molecule has 2 amide bonds. The van der Waals surface area contributed by atoms with Gasteiger partial charge in [-0.3, -0.25) is 4.79 Å². The van der Waals surface area contributed by atoms with Gasteiger partial charge in [0.2, 0.25) is 5.91 Å². The van der Waals surface area contributed by atoms with Gasteiger partial charge in [-0.1, -0.05) is 0 Å². The Balaban J connectivity index is 1.58. The van der Waals surface area contributed by atoms with E-state index in [-0.39, 0.29) is 18.0 Å². The molecule has 29 heavy (non-hydrogen) atoms. The zero-order valence-corrected chi connectivity index (χ0v) is 17.9. The van der Waals surface area contributed by atoms with Crippen molar-refractivity contribution >= 4 is 22.9 Å². The smallest absolute Gasteiger partial charge is 0.407 e. The number of hydrogen-bond acceptors (Lipinski definition) is 4. The van der Waals surface area contributed by atoms with Gasteiger partial charge in [-0.25, -0.2) is 4.79 Å². The number of methoxy groups -OCH3 is 1. The first-order valence-electron chi connectivity index (χ1n) is 10.1. The van der Waals surface area contributed by atoms with Crippen molar-refractivity contribution in [3.05, 3.63) is 30.5 Å². The largest absolute Gasteiger partial charge is 0.497 e. The molecule has 1 aromatic heterocycles. The molecule has 0 spiro atoms. The van der Waals surface area contributed by atoms with E-state index in [4.69, 9.17) is 9.47 Å². The molecule has 0 unspecified atom stereocenters. The van der Waals surface area contributed by atoms with Crippen LogP contribution in [0.5, 0.6) is 5.75 Å². The van der Waals surface area contributed by atoms with E-state index in [0.717, 1.165) is 23.1 Å². The first-order valence-corrected chi connectivity index (χ1v) is 10.1. The Morgan fingerprint density at radius 3 is 2.66 bits per heavy atom. The number of carbonyl (C=O) groups excluding carboxylic acids is 2. The van der Waals surface area contributed by atoms with Crippen molar-refractivity contribution in [3.63, 3.8) is 0 Å². The van der Waals surface area contributed by atoms with E-state index in [1.165, 1.54) is 0 Å². The van der Waals surface area contributed by atoms with Crippen LogP contribution in [-0.2, 0) is 16.1 Å². The van der Waals surface area contributed by atoms with Crippen molar-refractivity contribution < 1.29 is 19.1 Å². The summed E-state index contributed by atoms with van der Waals surface area (Å²) < 4.78 is 12.6. The molecule has 7 nitrogen and oxygen atoms in total. The van der Waals surface area contributed by atoms with E-state index in [9.17, 15) is 9.59 Å². The Morgan fingerprint density at radius 1 is 1.24 bits per heavy atom. The molecule has 0 aliphatic carbocycles. The number of nitrogens with zero attached hydrogens (tertiary/aromatic N) is 2. The van der Waals surface area contributed by atoms with E-state index < -0.39 is 11.7 Å². The number of fused-ring (bicyclic) bond motifs is 1. The van der Waals surface area contributed by atoms with Crippen molar-refractivity contribution in [2.45, 2.75) is 64.8 Å². The zero-order chi connectivity index (χ0) is 21.2. The standard InChI is InChI=1S/C22H31N3O4/c1-15-12-17(23-21(27)29-22(2,3)4)9-11-25(15)20(26)14-24-10-8-16-13-18(28-5)6-7-19(16)24/h6-8,10,13,15,17H,9,11-12,14H2,1-5H3,(H,23,27)/t15-,17+/m1/s1. The van der Waals surface area contributed by atoms with Gasteiger partial charge in [-0.05, 0) is 64.8 Å². The van der Waals surface area contributed by atoms with Gasteiger partial charge in [0.25, 0.3) is 0 Å². The first kappa shape index (κ1) is 21.0. The number of carbonyl (C=O) groups is 2. The highest BCUT2D eigenvalue weighted by atomic mass is 16.6. The highest BCUT2D eigenvalue weighted by Crippen LogP contribution is 2.23. The van der Waals surface area contributed by atoms with Crippen LogP contribution < -0.4 is 10.1 Å². The third-order valence-electron chi connectivity index (χ3n) is 5.20. The number of alkyl carbamates (subject to hydrolysis) is 1. The van der Waals surface area contributed by atoms with Gasteiger partial charge >= 0.3 is 6.09 Å². The summed E-state index contributed by atoms with van der Waals surface area (Å²) in [6.07, 6.45) is 2.97. The number of hydrogen-bond donors (Lipinski definition) is 1. The van der Waals surface area contributed by atoms with Gasteiger partial charge in [-0.2, -0.15) is 0 Å². The first-order chi connectivity index (χ1) is 13.7. The lowest BCUT2D eigenvalue weighted by molar-refractivity contribution is -0.135. The molecule has 1 fully saturated rings. The summed E-state index contributed by atoms with van der Waals surface area (Å²) in [5.41, 5.74) is 0.490. The molecule has 2 heterocycles. The Kier molecular flexibility index (Phi) is 6.05. The second-order valence-electron chi connectivity index (χ2n) is 8.67. The van der Waals surface area contributed by atoms with Crippen LogP contribution in [0, 0.1) is 0 Å². The summed E-state index contributed by atoms with van der Waals surface area (Å²) in [6.45, 7) is 8.48. The van der Waals surface area contributed by atoms with E-state index in [0.29, 0.717) is 19.5 Å². The Morgan fingerprint density at radius 2 is 2.00 bits per heavy atom. The molecule has 2 atom stereocenters. The minimum Gasteiger partial charge on any atom is -0.497 e. The highest BCUT2D eigenvalue weighted by Gasteiger charge is 2.30. The lowest BCUT2D eigenvalue weighted by Crippen LogP contribution is -2.52. The summed E-state index contributed by atoms with van der Waals surface area (Å²) in [6, 6.07) is 7.90. The third-order valence-corrected chi connectivity index (χ3v) is 5.20. The van der Waals surface area contributed by atoms with Crippen molar-refractivity contribution in [3.8, 4) is 5.75 Å². The maximum atomic E-state index is 12.9. The van der Waals surface area contributed by atoms with Crippen LogP contribution in [0.3, 0.4) is 0 Å². The maximum Gasteiger partial charge on any atom is 0.407 e. The molecule has 1 aromatic carbocycles. The van der Waals surface area contributed by atoms with Crippen LogP contribution in [0.1, 0.15) is 40.5 Å². The fourth-order valence-corrected chi connectivity index (χ4v) is 3.83. The number of ether oxygens (including phenoxy) is 2. The number of amides is 2. The molecule has 1 aliphatic rings. The highest BCUT2D eigenvalue weighted by molar-refractivity contribution is 5.84. The van der Waals surface area contributed by atoms with Gasteiger partial charge in [0, 0.05) is 35.7 Å². The molecule has 1 N–H and O–H groups in total. The Hall–Kier alpha value is -2.70. The van der Waals surface area contributed by atoms with Crippen molar-refractivity contribution in [1.82, 2.24) is 14.8 Å². The average Bonchev–Trinajstić information content (AvgIpc) is 3.02. The van der Waals surface area contributed by atoms with Crippen LogP contribution in [0.15, 0.2) is 30.5 Å². The summed E-state index contributed by atoms with van der Waals surface area (Å²) in [4.78, 5) is 26.8. The molecular weight excluding hydrogens is 370 g/mol. The lowest BCUT2D eigenvalue weighted by atomic mass is 9.98. The second-order valence-corrected chi connectivity index (χ2v) is 8.67. The number of aromatic nitrogens is 1. The van der Waals surface area contributed by atoms with Gasteiger partial charge in [0.1, 0.15) is 17.9 Å². The summed E-state index contributed by atoms with van der Waals surface area (Å²) in [5, 5.41) is 3.98.